The lowest BCUT2D eigenvalue weighted by atomic mass is 10.1. The highest BCUT2D eigenvalue weighted by Crippen LogP contribution is 2.23. The lowest BCUT2D eigenvalue weighted by Crippen LogP contribution is -1.93. The Labute approximate surface area is 123 Å². The van der Waals surface area contributed by atoms with Crippen molar-refractivity contribution >= 4 is 11.9 Å². The Morgan fingerprint density at radius 1 is 1.05 bits per heavy atom. The second-order valence-electron chi connectivity index (χ2n) is 4.39. The normalized spacial score (nSPS) is 10.6. The maximum absolute atomic E-state index is 12.0. The minimum Gasteiger partial charge on any atom is -0.508 e. The van der Waals surface area contributed by atoms with E-state index < -0.39 is 0 Å². The molecule has 0 atom stereocenters. The molecule has 0 aliphatic heterocycles. The molecule has 0 aromatic heterocycles. The van der Waals surface area contributed by atoms with Crippen LogP contribution in [-0.2, 0) is 0 Å². The molecule has 2 aromatic carbocycles. The molecule has 0 unspecified atom stereocenters. The number of hydrogen-bond donors (Lipinski definition) is 1. The summed E-state index contributed by atoms with van der Waals surface area (Å²) in [6.45, 7) is 0. The van der Waals surface area contributed by atoms with Crippen molar-refractivity contribution in [2.75, 3.05) is 14.2 Å². The van der Waals surface area contributed by atoms with Crippen molar-refractivity contribution in [3.63, 3.8) is 0 Å². The number of hydrogen-bond acceptors (Lipinski definition) is 4. The zero-order chi connectivity index (χ0) is 15.2. The molecule has 0 bridgehead atoms. The van der Waals surface area contributed by atoms with E-state index in [1.807, 2.05) is 0 Å². The van der Waals surface area contributed by atoms with Gasteiger partial charge in [0, 0.05) is 11.6 Å². The largest absolute Gasteiger partial charge is 0.508 e. The van der Waals surface area contributed by atoms with Crippen molar-refractivity contribution < 1.29 is 19.4 Å². The summed E-state index contributed by atoms with van der Waals surface area (Å²) in [6.07, 6.45) is 3.13. The third-order valence-electron chi connectivity index (χ3n) is 2.93. The third-order valence-corrected chi connectivity index (χ3v) is 2.93. The standard InChI is InChI=1S/C17H16O4/c1-20-15-8-12(9-16(11-15)21-2)6-7-17(19)13-4-3-5-14(18)10-13/h3-11,18H,1-2H3/b7-6+. The molecule has 0 radical (unpaired) electrons. The lowest BCUT2D eigenvalue weighted by molar-refractivity contribution is 0.104. The Kier molecular flexibility index (Phi) is 4.61. The first kappa shape index (κ1) is 14.7. The fourth-order valence-electron chi connectivity index (χ4n) is 1.85. The van der Waals surface area contributed by atoms with Crippen LogP contribution in [0.25, 0.3) is 6.08 Å². The van der Waals surface area contributed by atoms with Crippen LogP contribution >= 0.6 is 0 Å². The number of carbonyl (C=O) groups is 1. The van der Waals surface area contributed by atoms with Crippen molar-refractivity contribution in [2.45, 2.75) is 0 Å². The summed E-state index contributed by atoms with van der Waals surface area (Å²) in [5, 5.41) is 9.37. The van der Waals surface area contributed by atoms with Gasteiger partial charge >= 0.3 is 0 Å². The zero-order valence-corrected chi connectivity index (χ0v) is 11.9. The molecule has 4 heteroatoms. The molecule has 21 heavy (non-hydrogen) atoms. The van der Waals surface area contributed by atoms with Gasteiger partial charge in [-0.1, -0.05) is 18.2 Å². The van der Waals surface area contributed by atoms with Crippen molar-refractivity contribution in [3.8, 4) is 17.2 Å². The first-order valence-electron chi connectivity index (χ1n) is 6.37. The van der Waals surface area contributed by atoms with Crippen LogP contribution in [0.5, 0.6) is 17.2 Å². The van der Waals surface area contributed by atoms with Gasteiger partial charge in [0.1, 0.15) is 17.2 Å². The number of allylic oxidation sites excluding steroid dienone is 1. The van der Waals surface area contributed by atoms with Gasteiger partial charge in [-0.3, -0.25) is 4.79 Å². The molecule has 2 aromatic rings. The molecule has 108 valence electrons. The van der Waals surface area contributed by atoms with Crippen LogP contribution in [0.1, 0.15) is 15.9 Å². The molecule has 0 heterocycles. The van der Waals surface area contributed by atoms with E-state index in [1.54, 1.807) is 50.6 Å². The molecule has 2 rings (SSSR count). The summed E-state index contributed by atoms with van der Waals surface area (Å²) in [5.41, 5.74) is 1.22. The quantitative estimate of drug-likeness (QED) is 0.676. The topological polar surface area (TPSA) is 55.8 Å². The molecule has 0 amide bonds. The molecule has 4 nitrogen and oxygen atoms in total. The minimum atomic E-state index is -0.187. The predicted molar refractivity (Wildman–Crippen MR) is 81.0 cm³/mol. The number of methoxy groups -OCH3 is 2. The minimum absolute atomic E-state index is 0.0669. The zero-order valence-electron chi connectivity index (χ0n) is 11.9. The first-order valence-corrected chi connectivity index (χ1v) is 6.37. The van der Waals surface area contributed by atoms with Gasteiger partial charge in [0.15, 0.2) is 5.78 Å². The van der Waals surface area contributed by atoms with Crippen LogP contribution in [0, 0.1) is 0 Å². The van der Waals surface area contributed by atoms with Gasteiger partial charge in [0.05, 0.1) is 14.2 Å². The third kappa shape index (κ3) is 3.86. The molecule has 0 aliphatic rings. The van der Waals surface area contributed by atoms with Gasteiger partial charge in [-0.15, -0.1) is 0 Å². The van der Waals surface area contributed by atoms with Gasteiger partial charge in [0.2, 0.25) is 0 Å². The average Bonchev–Trinajstić information content (AvgIpc) is 2.52. The molecular weight excluding hydrogens is 268 g/mol. The maximum Gasteiger partial charge on any atom is 0.185 e. The van der Waals surface area contributed by atoms with Crippen LogP contribution in [-0.4, -0.2) is 25.1 Å². The second-order valence-corrected chi connectivity index (χ2v) is 4.39. The number of phenols is 1. The molecule has 0 spiro atoms. The number of aromatic hydroxyl groups is 1. The Morgan fingerprint density at radius 3 is 2.29 bits per heavy atom. The van der Waals surface area contributed by atoms with Crippen LogP contribution in [0.3, 0.4) is 0 Å². The first-order chi connectivity index (χ1) is 10.1. The summed E-state index contributed by atoms with van der Waals surface area (Å²) < 4.78 is 10.3. The van der Waals surface area contributed by atoms with E-state index in [-0.39, 0.29) is 11.5 Å². The Morgan fingerprint density at radius 2 is 1.71 bits per heavy atom. The Bertz CT molecular complexity index is 652. The Hall–Kier alpha value is -2.75. The molecule has 0 saturated carbocycles. The number of carbonyl (C=O) groups excluding carboxylic acids is 1. The highest BCUT2D eigenvalue weighted by Gasteiger charge is 2.03. The van der Waals surface area contributed by atoms with Gasteiger partial charge < -0.3 is 14.6 Å². The van der Waals surface area contributed by atoms with E-state index in [0.29, 0.717) is 17.1 Å². The number of benzene rings is 2. The molecule has 0 saturated heterocycles. The van der Waals surface area contributed by atoms with Gasteiger partial charge in [-0.25, -0.2) is 0 Å². The van der Waals surface area contributed by atoms with Crippen LogP contribution in [0.2, 0.25) is 0 Å². The number of phenolic OH excluding ortho intramolecular Hbond substituents is 1. The van der Waals surface area contributed by atoms with E-state index in [4.69, 9.17) is 9.47 Å². The van der Waals surface area contributed by atoms with Crippen LogP contribution in [0.15, 0.2) is 48.5 Å². The van der Waals surface area contributed by atoms with Crippen molar-refractivity contribution in [3.05, 3.63) is 59.7 Å². The fraction of sp³-hybridized carbons (Fsp3) is 0.118. The molecule has 0 fully saturated rings. The highest BCUT2D eigenvalue weighted by atomic mass is 16.5. The van der Waals surface area contributed by atoms with Crippen molar-refractivity contribution in [2.24, 2.45) is 0 Å². The second kappa shape index (κ2) is 6.61. The lowest BCUT2D eigenvalue weighted by Gasteiger charge is -2.05. The van der Waals surface area contributed by atoms with Crippen molar-refractivity contribution in [1.82, 2.24) is 0 Å². The number of ether oxygens (including phenoxy) is 2. The highest BCUT2D eigenvalue weighted by molar-refractivity contribution is 6.07. The average molecular weight is 284 g/mol. The molecule has 1 N–H and O–H groups in total. The summed E-state index contributed by atoms with van der Waals surface area (Å²) in [5.74, 6) is 1.18. The van der Waals surface area contributed by atoms with E-state index in [2.05, 4.69) is 0 Å². The summed E-state index contributed by atoms with van der Waals surface area (Å²) in [6, 6.07) is 11.6. The molecular formula is C17H16O4. The van der Waals surface area contributed by atoms with Crippen molar-refractivity contribution in [1.29, 1.82) is 0 Å². The van der Waals surface area contributed by atoms with Crippen LogP contribution < -0.4 is 9.47 Å². The molecule has 0 aliphatic carbocycles. The summed E-state index contributed by atoms with van der Waals surface area (Å²) in [4.78, 5) is 12.0. The van der Waals surface area contributed by atoms with E-state index in [9.17, 15) is 9.90 Å². The van der Waals surface area contributed by atoms with Gasteiger partial charge in [0.25, 0.3) is 0 Å². The van der Waals surface area contributed by atoms with E-state index in [1.165, 1.54) is 18.2 Å². The van der Waals surface area contributed by atoms with Gasteiger partial charge in [-0.05, 0) is 35.9 Å². The van der Waals surface area contributed by atoms with E-state index in [0.717, 1.165) is 5.56 Å². The van der Waals surface area contributed by atoms with Gasteiger partial charge in [-0.2, -0.15) is 0 Å². The van der Waals surface area contributed by atoms with E-state index >= 15 is 0 Å². The summed E-state index contributed by atoms with van der Waals surface area (Å²) >= 11 is 0. The van der Waals surface area contributed by atoms with Crippen LogP contribution in [0.4, 0.5) is 0 Å². The smallest absolute Gasteiger partial charge is 0.185 e. The maximum atomic E-state index is 12.0. The number of rotatable bonds is 5. The Balaban J connectivity index is 2.22. The number of ketones is 1. The fourth-order valence-corrected chi connectivity index (χ4v) is 1.85. The monoisotopic (exact) mass is 284 g/mol. The SMILES string of the molecule is COc1cc(/C=C/C(=O)c2cccc(O)c2)cc(OC)c1. The summed E-state index contributed by atoms with van der Waals surface area (Å²) in [7, 11) is 3.14. The predicted octanol–water partition coefficient (Wildman–Crippen LogP) is 3.31.